The Morgan fingerprint density at radius 2 is 1.25 bits per heavy atom. The standard InChI is InChI=1S/C43H42O10/c1-4-48-38(44)23-24-51-41-34-22-21-33(53-28-30-15-11-8-12-16-30)25-35(34)36(42(46)49-5-2)26-37(41)39(43(47)50-6-3)40(45)31-17-19-32(20-18-31)52-27-29-13-9-7-10-14-29/h7-26,39-40,45H,4-6,27-28H2,1-3H3/b24-23+/t39-,40-/m0/s1. The van der Waals surface area contributed by atoms with Crippen LogP contribution in [0.15, 0.2) is 122 Å². The lowest BCUT2D eigenvalue weighted by Gasteiger charge is -2.26. The van der Waals surface area contributed by atoms with E-state index in [0.717, 1.165) is 23.5 Å². The Kier molecular flexibility index (Phi) is 13.6. The normalized spacial score (nSPS) is 12.2. The molecule has 0 amide bonds. The first kappa shape index (κ1) is 38.1. The van der Waals surface area contributed by atoms with Crippen LogP contribution < -0.4 is 14.2 Å². The second-order valence-corrected chi connectivity index (χ2v) is 11.7. The van der Waals surface area contributed by atoms with Crippen molar-refractivity contribution < 1.29 is 47.9 Å². The van der Waals surface area contributed by atoms with Crippen molar-refractivity contribution in [2.45, 2.75) is 46.0 Å². The average Bonchev–Trinajstić information content (AvgIpc) is 3.18. The zero-order chi connectivity index (χ0) is 37.6. The van der Waals surface area contributed by atoms with Gasteiger partial charge < -0.3 is 33.5 Å². The number of fused-ring (bicyclic) bond motifs is 1. The van der Waals surface area contributed by atoms with E-state index in [2.05, 4.69) is 0 Å². The minimum atomic E-state index is -1.46. The first-order chi connectivity index (χ1) is 25.8. The van der Waals surface area contributed by atoms with Gasteiger partial charge in [-0.1, -0.05) is 72.8 Å². The maximum atomic E-state index is 13.8. The quantitative estimate of drug-likeness (QED) is 0.0437. The van der Waals surface area contributed by atoms with Gasteiger partial charge in [0.25, 0.3) is 0 Å². The molecule has 0 heterocycles. The third-order valence-corrected chi connectivity index (χ3v) is 8.17. The first-order valence-corrected chi connectivity index (χ1v) is 17.4. The summed E-state index contributed by atoms with van der Waals surface area (Å²) in [5, 5.41) is 12.7. The van der Waals surface area contributed by atoms with Gasteiger partial charge in [-0.25, -0.2) is 9.59 Å². The SMILES string of the molecule is CCOC(=O)/C=C/Oc1c([C@H](C(=O)OCC)[C@@H](O)c2ccc(OCc3ccccc3)cc2)cc(C(=O)OCC)c2cc(OCc3ccccc3)ccc12. The Morgan fingerprint density at radius 1 is 0.660 bits per heavy atom. The number of carbonyl (C=O) groups excluding carboxylic acids is 3. The van der Waals surface area contributed by atoms with Gasteiger partial charge in [0.05, 0.1) is 43.8 Å². The van der Waals surface area contributed by atoms with Crippen molar-refractivity contribution in [3.05, 3.63) is 149 Å². The average molecular weight is 719 g/mol. The second kappa shape index (κ2) is 18.9. The third kappa shape index (κ3) is 10.0. The fourth-order valence-corrected chi connectivity index (χ4v) is 5.67. The van der Waals surface area contributed by atoms with E-state index in [1.807, 2.05) is 60.7 Å². The monoisotopic (exact) mass is 718 g/mol. The topological polar surface area (TPSA) is 127 Å². The Balaban J connectivity index is 1.60. The molecule has 0 aliphatic rings. The highest BCUT2D eigenvalue weighted by Crippen LogP contribution is 2.44. The highest BCUT2D eigenvalue weighted by molar-refractivity contribution is 6.08. The molecule has 0 aliphatic heterocycles. The number of hydrogen-bond acceptors (Lipinski definition) is 10. The number of aliphatic hydroxyl groups excluding tert-OH is 1. The molecule has 10 nitrogen and oxygen atoms in total. The van der Waals surface area contributed by atoms with E-state index in [-0.39, 0.29) is 43.3 Å². The van der Waals surface area contributed by atoms with Crippen molar-refractivity contribution in [3.63, 3.8) is 0 Å². The highest BCUT2D eigenvalue weighted by atomic mass is 16.5. The smallest absolute Gasteiger partial charge is 0.338 e. The lowest BCUT2D eigenvalue weighted by molar-refractivity contribution is -0.148. The van der Waals surface area contributed by atoms with Crippen molar-refractivity contribution in [3.8, 4) is 17.2 Å². The number of hydrogen-bond donors (Lipinski definition) is 1. The maximum Gasteiger partial charge on any atom is 0.338 e. The van der Waals surface area contributed by atoms with Crippen LogP contribution in [-0.2, 0) is 37.0 Å². The molecule has 0 unspecified atom stereocenters. The summed E-state index contributed by atoms with van der Waals surface area (Å²) in [6.45, 7) is 5.91. The van der Waals surface area contributed by atoms with Crippen molar-refractivity contribution in [2.75, 3.05) is 19.8 Å². The fourth-order valence-electron chi connectivity index (χ4n) is 5.67. The molecule has 0 saturated carbocycles. The summed E-state index contributed by atoms with van der Waals surface area (Å²) in [6, 6.07) is 32.5. The van der Waals surface area contributed by atoms with Crippen LogP contribution in [0, 0.1) is 0 Å². The minimum absolute atomic E-state index is 0.0215. The van der Waals surface area contributed by atoms with Crippen molar-refractivity contribution in [2.24, 2.45) is 0 Å². The number of esters is 3. The molecule has 53 heavy (non-hydrogen) atoms. The molecule has 5 aromatic carbocycles. The fraction of sp³-hybridized carbons (Fsp3) is 0.233. The van der Waals surface area contributed by atoms with Crippen molar-refractivity contribution in [1.29, 1.82) is 0 Å². The molecule has 0 spiro atoms. The van der Waals surface area contributed by atoms with Crippen LogP contribution in [0.4, 0.5) is 0 Å². The summed E-state index contributed by atoms with van der Waals surface area (Å²) < 4.78 is 34.1. The predicted octanol–water partition coefficient (Wildman–Crippen LogP) is 8.01. The molecule has 2 atom stereocenters. The lowest BCUT2D eigenvalue weighted by Crippen LogP contribution is -2.24. The third-order valence-electron chi connectivity index (χ3n) is 8.17. The molecule has 0 saturated heterocycles. The van der Waals surface area contributed by atoms with E-state index in [4.69, 9.17) is 28.4 Å². The zero-order valence-electron chi connectivity index (χ0n) is 29.9. The van der Waals surface area contributed by atoms with Crippen LogP contribution in [-0.4, -0.2) is 42.8 Å². The lowest BCUT2D eigenvalue weighted by atomic mass is 9.85. The second-order valence-electron chi connectivity index (χ2n) is 11.7. The van der Waals surface area contributed by atoms with E-state index in [0.29, 0.717) is 34.4 Å². The van der Waals surface area contributed by atoms with Gasteiger partial charge in [-0.2, -0.15) is 0 Å². The van der Waals surface area contributed by atoms with Gasteiger partial charge in [-0.3, -0.25) is 4.79 Å². The summed E-state index contributed by atoms with van der Waals surface area (Å²) in [5.74, 6) is -2.33. The summed E-state index contributed by atoms with van der Waals surface area (Å²) >= 11 is 0. The van der Waals surface area contributed by atoms with E-state index >= 15 is 0 Å². The summed E-state index contributed by atoms with van der Waals surface area (Å²) in [7, 11) is 0. The molecular weight excluding hydrogens is 676 g/mol. The number of ether oxygens (including phenoxy) is 6. The predicted molar refractivity (Wildman–Crippen MR) is 199 cm³/mol. The summed E-state index contributed by atoms with van der Waals surface area (Å²) in [4.78, 5) is 39.6. The van der Waals surface area contributed by atoms with E-state index in [9.17, 15) is 19.5 Å². The number of aliphatic hydroxyl groups is 1. The van der Waals surface area contributed by atoms with Gasteiger partial charge in [-0.15, -0.1) is 0 Å². The maximum absolute atomic E-state index is 13.8. The van der Waals surface area contributed by atoms with Crippen LogP contribution in [0.25, 0.3) is 10.8 Å². The Hall–Kier alpha value is -6.13. The Labute approximate surface area is 308 Å². The molecule has 0 aromatic heterocycles. The molecular formula is C43H42O10. The van der Waals surface area contributed by atoms with E-state index in [1.165, 1.54) is 6.07 Å². The molecule has 5 rings (SSSR count). The molecule has 0 radical (unpaired) electrons. The van der Waals surface area contributed by atoms with Gasteiger partial charge in [0.2, 0.25) is 0 Å². The van der Waals surface area contributed by atoms with E-state index in [1.54, 1.807) is 63.2 Å². The highest BCUT2D eigenvalue weighted by Gasteiger charge is 2.36. The zero-order valence-corrected chi connectivity index (χ0v) is 29.9. The molecule has 5 aromatic rings. The molecule has 0 aliphatic carbocycles. The molecule has 10 heteroatoms. The molecule has 274 valence electrons. The number of carbonyl (C=O) groups is 3. The van der Waals surface area contributed by atoms with Crippen LogP contribution in [0.2, 0.25) is 0 Å². The number of benzene rings is 5. The Morgan fingerprint density at radius 3 is 1.85 bits per heavy atom. The summed E-state index contributed by atoms with van der Waals surface area (Å²) in [6.07, 6.45) is 0.766. The number of rotatable bonds is 17. The Bertz CT molecular complexity index is 2010. The van der Waals surface area contributed by atoms with Gasteiger partial charge in [0.1, 0.15) is 36.4 Å². The van der Waals surface area contributed by atoms with Gasteiger partial charge in [-0.05, 0) is 73.9 Å². The van der Waals surface area contributed by atoms with Crippen LogP contribution in [0.1, 0.15) is 65.4 Å². The molecule has 0 fully saturated rings. The molecule has 0 bridgehead atoms. The van der Waals surface area contributed by atoms with Gasteiger partial charge in [0, 0.05) is 16.3 Å². The van der Waals surface area contributed by atoms with Crippen molar-refractivity contribution >= 4 is 28.7 Å². The van der Waals surface area contributed by atoms with Gasteiger partial charge in [0.15, 0.2) is 0 Å². The van der Waals surface area contributed by atoms with Crippen LogP contribution in [0.5, 0.6) is 17.2 Å². The van der Waals surface area contributed by atoms with Gasteiger partial charge >= 0.3 is 17.9 Å². The minimum Gasteiger partial charge on any atom is -0.489 e. The largest absolute Gasteiger partial charge is 0.489 e. The van der Waals surface area contributed by atoms with Crippen LogP contribution >= 0.6 is 0 Å². The summed E-state index contributed by atoms with van der Waals surface area (Å²) in [5.41, 5.74) is 2.55. The van der Waals surface area contributed by atoms with Crippen LogP contribution in [0.3, 0.4) is 0 Å². The van der Waals surface area contributed by atoms with Crippen molar-refractivity contribution in [1.82, 2.24) is 0 Å². The first-order valence-electron chi connectivity index (χ1n) is 17.4. The van der Waals surface area contributed by atoms with E-state index < -0.39 is 29.9 Å². The molecule has 1 N–H and O–H groups in total.